The van der Waals surface area contributed by atoms with Crippen molar-refractivity contribution in [1.82, 2.24) is 4.98 Å². The number of rotatable bonds is 5. The Labute approximate surface area is 143 Å². The maximum Gasteiger partial charge on any atom is 0.315 e. The van der Waals surface area contributed by atoms with Crippen molar-refractivity contribution in [1.29, 1.82) is 5.26 Å². The minimum absolute atomic E-state index is 0.0000557. The Morgan fingerprint density at radius 2 is 2.25 bits per heavy atom. The Bertz CT molecular complexity index is 752. The number of nitrogens with zero attached hydrogens (tertiary/aromatic N) is 3. The second-order valence-corrected chi connectivity index (χ2v) is 6.07. The van der Waals surface area contributed by atoms with Crippen molar-refractivity contribution in [2.24, 2.45) is 16.6 Å². The number of aliphatic imine (C=N–C) groups is 1. The van der Waals surface area contributed by atoms with E-state index in [4.69, 9.17) is 10.5 Å². The summed E-state index contributed by atoms with van der Waals surface area (Å²) in [5.74, 6) is -2.27. The van der Waals surface area contributed by atoms with E-state index in [0.717, 1.165) is 11.8 Å². The van der Waals surface area contributed by atoms with E-state index in [0.29, 0.717) is 21.9 Å². The first-order valence-electron chi connectivity index (χ1n) is 7.07. The maximum atomic E-state index is 12.3. The molecule has 0 radical (unpaired) electrons. The van der Waals surface area contributed by atoms with Crippen LogP contribution < -0.4 is 5.73 Å². The standard InChI is InChI=1S/C16H16N4O3S/c1-9-13(16(22)23-2)14(10-4-3-5-19-7-10)11(6-17)15(20-9)24-8-12(18)21/h3-5,7,13-14H,8H2,1-2H3,(H2,18,21)/t13?,14-/m0/s1. The zero-order chi connectivity index (χ0) is 17.7. The van der Waals surface area contributed by atoms with Crippen molar-refractivity contribution in [2.45, 2.75) is 12.8 Å². The number of methoxy groups -OCH3 is 1. The van der Waals surface area contributed by atoms with Crippen molar-refractivity contribution < 1.29 is 14.3 Å². The van der Waals surface area contributed by atoms with E-state index >= 15 is 0 Å². The van der Waals surface area contributed by atoms with E-state index in [1.165, 1.54) is 7.11 Å². The number of hydrogen-bond acceptors (Lipinski definition) is 7. The van der Waals surface area contributed by atoms with Crippen LogP contribution in [0.25, 0.3) is 0 Å². The van der Waals surface area contributed by atoms with Gasteiger partial charge in [0.1, 0.15) is 10.9 Å². The first-order chi connectivity index (χ1) is 11.5. The topological polar surface area (TPSA) is 118 Å². The molecule has 0 bridgehead atoms. The molecule has 0 aromatic carbocycles. The molecule has 8 heteroatoms. The van der Waals surface area contributed by atoms with Crippen molar-refractivity contribution in [3.63, 3.8) is 0 Å². The first-order valence-corrected chi connectivity index (χ1v) is 8.06. The number of hydrogen-bond donors (Lipinski definition) is 1. The molecule has 1 amide bonds. The Morgan fingerprint density at radius 1 is 1.50 bits per heavy atom. The number of carbonyl (C=O) groups is 2. The van der Waals surface area contributed by atoms with Crippen LogP contribution in [0.2, 0.25) is 0 Å². The molecule has 24 heavy (non-hydrogen) atoms. The quantitative estimate of drug-likeness (QED) is 0.806. The molecule has 0 saturated heterocycles. The number of thioether (sulfide) groups is 1. The molecule has 0 aliphatic carbocycles. The summed E-state index contributed by atoms with van der Waals surface area (Å²) in [4.78, 5) is 31.7. The number of allylic oxidation sites excluding steroid dienone is 1. The van der Waals surface area contributed by atoms with Crippen LogP contribution in [0, 0.1) is 17.2 Å². The van der Waals surface area contributed by atoms with E-state index in [1.54, 1.807) is 31.5 Å². The lowest BCUT2D eigenvalue weighted by atomic mass is 9.78. The van der Waals surface area contributed by atoms with Gasteiger partial charge in [-0.2, -0.15) is 5.26 Å². The molecule has 2 atom stereocenters. The molecule has 1 unspecified atom stereocenters. The Balaban J connectivity index is 2.56. The van der Waals surface area contributed by atoms with E-state index in [2.05, 4.69) is 16.0 Å². The molecule has 2 rings (SSSR count). The average molecular weight is 344 g/mol. The van der Waals surface area contributed by atoms with E-state index in [1.807, 2.05) is 0 Å². The van der Waals surface area contributed by atoms with Gasteiger partial charge in [0.15, 0.2) is 0 Å². The number of carbonyl (C=O) groups excluding carboxylic acids is 2. The summed E-state index contributed by atoms with van der Waals surface area (Å²) in [5, 5.41) is 10.0. The zero-order valence-electron chi connectivity index (χ0n) is 13.2. The summed E-state index contributed by atoms with van der Waals surface area (Å²) in [5.41, 5.74) is 6.70. The second kappa shape index (κ2) is 7.75. The minimum Gasteiger partial charge on any atom is -0.468 e. The van der Waals surface area contributed by atoms with Gasteiger partial charge < -0.3 is 10.5 Å². The molecule has 1 aromatic rings. The average Bonchev–Trinajstić information content (AvgIpc) is 2.59. The number of nitrogens with two attached hydrogens (primary N) is 1. The van der Waals surface area contributed by atoms with Gasteiger partial charge in [0, 0.05) is 24.0 Å². The highest BCUT2D eigenvalue weighted by Gasteiger charge is 2.40. The summed E-state index contributed by atoms with van der Waals surface area (Å²) in [6, 6.07) is 5.64. The molecule has 1 aliphatic rings. The van der Waals surface area contributed by atoms with Crippen molar-refractivity contribution in [2.75, 3.05) is 12.9 Å². The molecular formula is C16H16N4O3S. The van der Waals surface area contributed by atoms with E-state index in [-0.39, 0.29) is 5.75 Å². The number of nitriles is 1. The Kier molecular flexibility index (Phi) is 5.71. The highest BCUT2D eigenvalue weighted by molar-refractivity contribution is 8.03. The fraction of sp³-hybridized carbons (Fsp3) is 0.312. The fourth-order valence-electron chi connectivity index (χ4n) is 2.55. The lowest BCUT2D eigenvalue weighted by molar-refractivity contribution is -0.143. The van der Waals surface area contributed by atoms with Gasteiger partial charge in [-0.1, -0.05) is 17.8 Å². The predicted octanol–water partition coefficient (Wildman–Crippen LogP) is 1.38. The predicted molar refractivity (Wildman–Crippen MR) is 89.9 cm³/mol. The van der Waals surface area contributed by atoms with Crippen LogP contribution >= 0.6 is 11.8 Å². The van der Waals surface area contributed by atoms with Crippen LogP contribution in [0.4, 0.5) is 0 Å². The van der Waals surface area contributed by atoms with Crippen LogP contribution in [-0.4, -0.2) is 35.4 Å². The summed E-state index contributed by atoms with van der Waals surface area (Å²) in [6.07, 6.45) is 3.21. The third-order valence-corrected chi connectivity index (χ3v) is 4.59. The molecule has 0 saturated carbocycles. The highest BCUT2D eigenvalue weighted by Crippen LogP contribution is 2.41. The summed E-state index contributed by atoms with van der Waals surface area (Å²) < 4.78 is 4.89. The van der Waals surface area contributed by atoms with E-state index in [9.17, 15) is 14.9 Å². The molecule has 2 heterocycles. The number of pyridine rings is 1. The number of esters is 1. The molecule has 0 fully saturated rings. The SMILES string of the molecule is COC(=O)C1C(C)=NC(SCC(N)=O)=C(C#N)[C@@H]1c1cccnc1. The van der Waals surface area contributed by atoms with Gasteiger partial charge >= 0.3 is 5.97 Å². The number of aromatic nitrogens is 1. The third-order valence-electron chi connectivity index (χ3n) is 3.57. The Hall–Kier alpha value is -2.66. The van der Waals surface area contributed by atoms with Gasteiger partial charge in [0.2, 0.25) is 5.91 Å². The highest BCUT2D eigenvalue weighted by atomic mass is 32.2. The Morgan fingerprint density at radius 3 is 2.79 bits per heavy atom. The first kappa shape index (κ1) is 17.7. The van der Waals surface area contributed by atoms with E-state index < -0.39 is 23.7 Å². The van der Waals surface area contributed by atoms with Crippen LogP contribution in [0.1, 0.15) is 18.4 Å². The van der Waals surface area contributed by atoms with Crippen LogP contribution in [-0.2, 0) is 14.3 Å². The molecule has 1 aromatic heterocycles. The number of primary amides is 1. The van der Waals surface area contributed by atoms with Gasteiger partial charge in [0.05, 0.1) is 24.5 Å². The van der Waals surface area contributed by atoms with Crippen LogP contribution in [0.5, 0.6) is 0 Å². The fourth-order valence-corrected chi connectivity index (χ4v) is 3.37. The third kappa shape index (κ3) is 3.63. The molecule has 7 nitrogen and oxygen atoms in total. The number of amides is 1. The van der Waals surface area contributed by atoms with Gasteiger partial charge in [-0.15, -0.1) is 0 Å². The van der Waals surface area contributed by atoms with Crippen molar-refractivity contribution >= 4 is 29.4 Å². The molecular weight excluding hydrogens is 328 g/mol. The van der Waals surface area contributed by atoms with Gasteiger partial charge in [0.25, 0.3) is 0 Å². The van der Waals surface area contributed by atoms with Gasteiger partial charge in [-0.05, 0) is 18.6 Å². The molecule has 124 valence electrons. The smallest absolute Gasteiger partial charge is 0.315 e. The molecule has 2 N–H and O–H groups in total. The van der Waals surface area contributed by atoms with Gasteiger partial charge in [-0.25, -0.2) is 4.99 Å². The summed E-state index contributed by atoms with van der Waals surface area (Å²) >= 11 is 1.08. The molecule has 0 spiro atoms. The summed E-state index contributed by atoms with van der Waals surface area (Å²) in [6.45, 7) is 1.70. The van der Waals surface area contributed by atoms with Crippen molar-refractivity contribution in [3.8, 4) is 6.07 Å². The monoisotopic (exact) mass is 344 g/mol. The normalized spacial score (nSPS) is 20.1. The zero-order valence-corrected chi connectivity index (χ0v) is 14.0. The number of ether oxygens (including phenoxy) is 1. The summed E-state index contributed by atoms with van der Waals surface area (Å²) in [7, 11) is 1.29. The van der Waals surface area contributed by atoms with Crippen LogP contribution in [0.15, 0.2) is 40.1 Å². The lowest BCUT2D eigenvalue weighted by Crippen LogP contribution is -2.33. The second-order valence-electron chi connectivity index (χ2n) is 5.10. The largest absolute Gasteiger partial charge is 0.468 e. The lowest BCUT2D eigenvalue weighted by Gasteiger charge is -2.29. The molecule has 1 aliphatic heterocycles. The maximum absolute atomic E-state index is 12.3. The minimum atomic E-state index is -0.716. The van der Waals surface area contributed by atoms with Crippen LogP contribution in [0.3, 0.4) is 0 Å². The van der Waals surface area contributed by atoms with Crippen molar-refractivity contribution in [3.05, 3.63) is 40.7 Å². The van der Waals surface area contributed by atoms with Gasteiger partial charge in [-0.3, -0.25) is 14.6 Å².